The van der Waals surface area contributed by atoms with Crippen LogP contribution < -0.4 is 5.32 Å². The van der Waals surface area contributed by atoms with E-state index in [1.807, 2.05) is 6.20 Å². The van der Waals surface area contributed by atoms with Crippen molar-refractivity contribution in [3.8, 4) is 11.4 Å². The van der Waals surface area contributed by atoms with Crippen LogP contribution in [0, 0.1) is 0 Å². The Morgan fingerprint density at radius 1 is 1.22 bits per heavy atom. The molecule has 0 aliphatic carbocycles. The number of hydrogen-bond donors (Lipinski definition) is 1. The van der Waals surface area contributed by atoms with Crippen LogP contribution in [-0.4, -0.2) is 22.1 Å². The van der Waals surface area contributed by atoms with Crippen LogP contribution >= 0.6 is 24.8 Å². The Morgan fingerprint density at radius 2 is 2.00 bits per heavy atom. The van der Waals surface area contributed by atoms with Gasteiger partial charge in [0.1, 0.15) is 5.82 Å². The van der Waals surface area contributed by atoms with E-state index < -0.39 is 0 Å². The molecule has 0 amide bonds. The number of imidazole rings is 1. The van der Waals surface area contributed by atoms with Gasteiger partial charge in [-0.3, -0.25) is 0 Å². The number of benzene rings is 1. The molecule has 1 aliphatic heterocycles. The van der Waals surface area contributed by atoms with Crippen LogP contribution in [0.15, 0.2) is 36.7 Å². The van der Waals surface area contributed by atoms with Gasteiger partial charge in [0, 0.05) is 30.0 Å². The maximum absolute atomic E-state index is 4.66. The first-order valence-corrected chi connectivity index (χ1v) is 8.18. The number of aromatic nitrogens is 2. The molecule has 1 aliphatic rings. The maximum Gasteiger partial charge on any atom is 0.140 e. The van der Waals surface area contributed by atoms with Crippen LogP contribution in [-0.2, 0) is 6.42 Å². The van der Waals surface area contributed by atoms with E-state index in [2.05, 4.69) is 59.2 Å². The van der Waals surface area contributed by atoms with E-state index in [9.17, 15) is 0 Å². The van der Waals surface area contributed by atoms with Crippen molar-refractivity contribution in [2.45, 2.75) is 51.6 Å². The summed E-state index contributed by atoms with van der Waals surface area (Å²) in [5, 5.41) is 3.61. The summed E-state index contributed by atoms with van der Waals surface area (Å²) in [4.78, 5) is 4.66. The van der Waals surface area contributed by atoms with Gasteiger partial charge in [-0.1, -0.05) is 38.1 Å². The average molecular weight is 356 g/mol. The predicted octanol–water partition coefficient (Wildman–Crippen LogP) is 4.66. The molecule has 1 aromatic carbocycles. The molecule has 0 spiro atoms. The zero-order valence-electron chi connectivity index (χ0n) is 13.9. The Kier molecular flexibility index (Phi) is 8.10. The monoisotopic (exact) mass is 355 g/mol. The highest BCUT2D eigenvalue weighted by molar-refractivity contribution is 5.85. The third-order valence-corrected chi connectivity index (χ3v) is 4.66. The summed E-state index contributed by atoms with van der Waals surface area (Å²) >= 11 is 0. The zero-order chi connectivity index (χ0) is 14.7. The van der Waals surface area contributed by atoms with Gasteiger partial charge < -0.3 is 9.88 Å². The van der Waals surface area contributed by atoms with Crippen molar-refractivity contribution < 1.29 is 0 Å². The van der Waals surface area contributed by atoms with Crippen molar-refractivity contribution in [2.24, 2.45) is 0 Å². The first-order valence-electron chi connectivity index (χ1n) is 8.18. The first kappa shape index (κ1) is 20.0. The topological polar surface area (TPSA) is 29.9 Å². The molecule has 1 saturated heterocycles. The van der Waals surface area contributed by atoms with Gasteiger partial charge in [0.15, 0.2) is 0 Å². The van der Waals surface area contributed by atoms with Crippen LogP contribution in [0.5, 0.6) is 0 Å². The first-order chi connectivity index (χ1) is 10.3. The van der Waals surface area contributed by atoms with Gasteiger partial charge in [-0.25, -0.2) is 4.98 Å². The number of aryl methyl sites for hydroxylation is 1. The highest BCUT2D eigenvalue weighted by Crippen LogP contribution is 2.30. The van der Waals surface area contributed by atoms with Crippen molar-refractivity contribution in [2.75, 3.05) is 6.54 Å². The van der Waals surface area contributed by atoms with Gasteiger partial charge in [-0.2, -0.15) is 0 Å². The summed E-state index contributed by atoms with van der Waals surface area (Å²) in [7, 11) is 0. The number of rotatable bonds is 4. The largest absolute Gasteiger partial charge is 0.328 e. The molecule has 3 rings (SSSR count). The van der Waals surface area contributed by atoms with Crippen molar-refractivity contribution in [3.63, 3.8) is 0 Å². The molecule has 2 atom stereocenters. The normalized spacial score (nSPS) is 20.4. The molecule has 1 fully saturated rings. The molecule has 2 aromatic rings. The molecular formula is C18H27Cl2N3. The summed E-state index contributed by atoms with van der Waals surface area (Å²) in [6, 6.07) is 9.86. The van der Waals surface area contributed by atoms with Gasteiger partial charge in [-0.15, -0.1) is 24.8 Å². The summed E-state index contributed by atoms with van der Waals surface area (Å²) in [5.74, 6) is 1.13. The highest BCUT2D eigenvalue weighted by Gasteiger charge is 2.23. The molecule has 0 bridgehead atoms. The maximum atomic E-state index is 4.66. The Hall–Kier alpha value is -1.03. The molecule has 0 saturated carbocycles. The summed E-state index contributed by atoms with van der Waals surface area (Å²) in [6.07, 6.45) is 8.75. The fourth-order valence-electron chi connectivity index (χ4n) is 3.41. The van der Waals surface area contributed by atoms with E-state index in [-0.39, 0.29) is 24.8 Å². The van der Waals surface area contributed by atoms with Crippen molar-refractivity contribution in [1.82, 2.24) is 14.9 Å². The van der Waals surface area contributed by atoms with Crippen LogP contribution in [0.2, 0.25) is 0 Å². The quantitative estimate of drug-likeness (QED) is 0.864. The second-order valence-electron chi connectivity index (χ2n) is 5.91. The summed E-state index contributed by atoms with van der Waals surface area (Å²) in [6.45, 7) is 5.58. The number of hydrogen-bond acceptors (Lipinski definition) is 2. The van der Waals surface area contributed by atoms with E-state index >= 15 is 0 Å². The SMILES string of the molecule is CCc1ccccc1-c1nccn1[C@@H]1CCN[C@H](CC)C1.Cl.Cl. The number of nitrogens with zero attached hydrogens (tertiary/aromatic N) is 2. The second-order valence-corrected chi connectivity index (χ2v) is 5.91. The third kappa shape index (κ3) is 4.28. The lowest BCUT2D eigenvalue weighted by atomic mass is 9.96. The lowest BCUT2D eigenvalue weighted by Gasteiger charge is -2.31. The predicted molar refractivity (Wildman–Crippen MR) is 102 cm³/mol. The average Bonchev–Trinajstić information content (AvgIpc) is 3.04. The fourth-order valence-corrected chi connectivity index (χ4v) is 3.41. The van der Waals surface area contributed by atoms with Crippen LogP contribution in [0.1, 0.15) is 44.7 Å². The zero-order valence-corrected chi connectivity index (χ0v) is 15.5. The van der Waals surface area contributed by atoms with Crippen LogP contribution in [0.4, 0.5) is 0 Å². The molecule has 0 radical (unpaired) electrons. The van der Waals surface area contributed by atoms with Gasteiger partial charge in [0.05, 0.1) is 0 Å². The number of nitrogens with one attached hydrogen (secondary N) is 1. The smallest absolute Gasteiger partial charge is 0.140 e. The Morgan fingerprint density at radius 3 is 2.74 bits per heavy atom. The van der Waals surface area contributed by atoms with E-state index in [0.717, 1.165) is 18.8 Å². The second kappa shape index (κ2) is 9.31. The van der Waals surface area contributed by atoms with Crippen molar-refractivity contribution in [3.05, 3.63) is 42.2 Å². The lowest BCUT2D eigenvalue weighted by Crippen LogP contribution is -2.38. The Labute approximate surface area is 151 Å². The van der Waals surface area contributed by atoms with Gasteiger partial charge in [0.2, 0.25) is 0 Å². The van der Waals surface area contributed by atoms with E-state index in [4.69, 9.17) is 0 Å². The molecule has 1 aromatic heterocycles. The lowest BCUT2D eigenvalue weighted by molar-refractivity contribution is 0.297. The fraction of sp³-hybridized carbons (Fsp3) is 0.500. The van der Waals surface area contributed by atoms with E-state index in [0.29, 0.717) is 12.1 Å². The highest BCUT2D eigenvalue weighted by atomic mass is 35.5. The Bertz CT molecular complexity index is 597. The third-order valence-electron chi connectivity index (χ3n) is 4.66. The summed E-state index contributed by atoms with van der Waals surface area (Å²) in [5.41, 5.74) is 2.67. The van der Waals surface area contributed by atoms with Gasteiger partial charge in [0.25, 0.3) is 0 Å². The number of halogens is 2. The standard InChI is InChI=1S/C18H25N3.2ClH/c1-3-14-7-5-6-8-17(14)18-20-11-12-21(18)16-9-10-19-15(4-2)13-16;;/h5-8,11-12,15-16,19H,3-4,9-10,13H2,1-2H3;2*1H/t15-,16-;;/m1../s1. The van der Waals surface area contributed by atoms with Crippen LogP contribution in [0.3, 0.4) is 0 Å². The Balaban J connectivity index is 0.00000132. The van der Waals surface area contributed by atoms with Gasteiger partial charge in [-0.05, 0) is 37.8 Å². The van der Waals surface area contributed by atoms with Crippen molar-refractivity contribution in [1.29, 1.82) is 0 Å². The molecule has 23 heavy (non-hydrogen) atoms. The molecule has 5 heteroatoms. The van der Waals surface area contributed by atoms with Gasteiger partial charge >= 0.3 is 0 Å². The van der Waals surface area contributed by atoms with E-state index in [1.165, 1.54) is 30.4 Å². The van der Waals surface area contributed by atoms with Crippen LogP contribution in [0.25, 0.3) is 11.4 Å². The minimum atomic E-state index is 0. The minimum absolute atomic E-state index is 0. The summed E-state index contributed by atoms with van der Waals surface area (Å²) < 4.78 is 2.40. The molecule has 128 valence electrons. The molecule has 3 nitrogen and oxygen atoms in total. The van der Waals surface area contributed by atoms with E-state index in [1.54, 1.807) is 0 Å². The molecular weight excluding hydrogens is 329 g/mol. The van der Waals surface area contributed by atoms with Crippen molar-refractivity contribution >= 4 is 24.8 Å². The minimum Gasteiger partial charge on any atom is -0.328 e. The number of piperidine rings is 1. The molecule has 0 unspecified atom stereocenters. The molecule has 1 N–H and O–H groups in total. The molecule has 2 heterocycles.